The minimum atomic E-state index is 0.243. The van der Waals surface area contributed by atoms with Crippen molar-refractivity contribution < 1.29 is 9.47 Å². The van der Waals surface area contributed by atoms with Crippen LogP contribution in [0.4, 0.5) is 0 Å². The largest absolute Gasteiger partial charge is 0.466 e. The first kappa shape index (κ1) is 15.1. The molecule has 0 aromatic carbocycles. The van der Waals surface area contributed by atoms with E-state index in [0.717, 1.165) is 30.4 Å². The topological polar surface area (TPSA) is 21.7 Å². The molecule has 0 aromatic rings. The fourth-order valence-electron chi connectivity index (χ4n) is 4.71. The van der Waals surface area contributed by atoms with Crippen LogP contribution in [-0.4, -0.2) is 24.0 Å². The van der Waals surface area contributed by atoms with Crippen molar-refractivity contribution in [3.05, 3.63) is 48.3 Å². The number of rotatable bonds is 3. The van der Waals surface area contributed by atoms with Gasteiger partial charge in [-0.2, -0.15) is 0 Å². The van der Waals surface area contributed by atoms with Crippen LogP contribution in [0.3, 0.4) is 0 Å². The minimum Gasteiger partial charge on any atom is -0.466 e. The average Bonchev–Trinajstić information content (AvgIpc) is 2.64. The molecular weight excluding hydrogens is 286 g/mol. The first-order chi connectivity index (χ1) is 11.4. The summed E-state index contributed by atoms with van der Waals surface area (Å²) in [7, 11) is 0. The lowest BCUT2D eigenvalue weighted by Gasteiger charge is -2.45. The van der Waals surface area contributed by atoms with Gasteiger partial charge in [-0.15, -0.1) is 0 Å². The van der Waals surface area contributed by atoms with Crippen LogP contribution < -0.4 is 0 Å². The predicted octanol–water partition coefficient (Wildman–Crippen LogP) is 4.50. The highest BCUT2D eigenvalue weighted by Gasteiger charge is 2.37. The van der Waals surface area contributed by atoms with Gasteiger partial charge < -0.3 is 9.47 Å². The van der Waals surface area contributed by atoms with Gasteiger partial charge in [0.2, 0.25) is 0 Å². The molecule has 3 heteroatoms. The van der Waals surface area contributed by atoms with Crippen molar-refractivity contribution in [2.24, 2.45) is 11.8 Å². The van der Waals surface area contributed by atoms with Gasteiger partial charge >= 0.3 is 0 Å². The molecule has 0 spiro atoms. The Hall–Kier alpha value is -1.48. The number of piperidine rings is 1. The molecule has 1 saturated heterocycles. The summed E-state index contributed by atoms with van der Waals surface area (Å²) in [6.45, 7) is 2.39. The highest BCUT2D eigenvalue weighted by atomic mass is 16.5. The second-order valence-electron chi connectivity index (χ2n) is 7.25. The number of likely N-dealkylation sites (tertiary alicyclic amines) is 1. The van der Waals surface area contributed by atoms with Gasteiger partial charge in [-0.05, 0) is 49.6 Å². The van der Waals surface area contributed by atoms with E-state index in [4.69, 9.17) is 9.47 Å². The summed E-state index contributed by atoms with van der Waals surface area (Å²) < 4.78 is 11.2. The highest BCUT2D eigenvalue weighted by molar-refractivity contribution is 5.30. The number of nitrogens with zero attached hydrogens (tertiary/aromatic N) is 1. The van der Waals surface area contributed by atoms with Crippen LogP contribution in [0.15, 0.2) is 48.3 Å². The van der Waals surface area contributed by atoms with Gasteiger partial charge in [-0.3, -0.25) is 4.90 Å². The summed E-state index contributed by atoms with van der Waals surface area (Å²) in [6, 6.07) is 0.243. The van der Waals surface area contributed by atoms with Crippen molar-refractivity contribution >= 4 is 0 Å². The zero-order valence-corrected chi connectivity index (χ0v) is 13.8. The Morgan fingerprint density at radius 3 is 2.78 bits per heavy atom. The predicted molar refractivity (Wildman–Crippen MR) is 91.3 cm³/mol. The van der Waals surface area contributed by atoms with E-state index in [2.05, 4.69) is 23.1 Å². The molecule has 3 nitrogen and oxygen atoms in total. The van der Waals surface area contributed by atoms with Crippen LogP contribution in [0, 0.1) is 11.8 Å². The summed E-state index contributed by atoms with van der Waals surface area (Å²) in [5, 5.41) is 0. The molecular formula is C20H27NO2. The van der Waals surface area contributed by atoms with Crippen LogP contribution in [-0.2, 0) is 9.47 Å². The van der Waals surface area contributed by atoms with Crippen LogP contribution in [0.5, 0.6) is 0 Å². The molecule has 4 rings (SSSR count). The van der Waals surface area contributed by atoms with E-state index in [9.17, 15) is 0 Å². The SMILES string of the molecule is C1=CCCC(C(C2=COC=CO2)N2CCC3CCCCC3C2)=C1. The Morgan fingerprint density at radius 1 is 1.09 bits per heavy atom. The van der Waals surface area contributed by atoms with E-state index in [1.807, 2.05) is 0 Å². The van der Waals surface area contributed by atoms with Crippen LogP contribution >= 0.6 is 0 Å². The maximum Gasteiger partial charge on any atom is 0.160 e. The van der Waals surface area contributed by atoms with Crippen LogP contribution in [0.2, 0.25) is 0 Å². The molecule has 0 amide bonds. The number of fused-ring (bicyclic) bond motifs is 1. The molecule has 0 radical (unpaired) electrons. The second kappa shape index (κ2) is 6.96. The van der Waals surface area contributed by atoms with Gasteiger partial charge in [0.05, 0.1) is 6.04 Å². The van der Waals surface area contributed by atoms with Crippen molar-refractivity contribution in [2.75, 3.05) is 13.1 Å². The van der Waals surface area contributed by atoms with Crippen LogP contribution in [0.25, 0.3) is 0 Å². The van der Waals surface area contributed by atoms with E-state index in [0.29, 0.717) is 0 Å². The normalized spacial score (nSPS) is 32.2. The van der Waals surface area contributed by atoms with Crippen molar-refractivity contribution in [3.8, 4) is 0 Å². The Kier molecular flexibility index (Phi) is 4.56. The standard InChI is InChI=1S/C20H27NO2/c1-2-7-17(8-3-1)20(19-15-22-12-13-23-19)21-11-10-16-6-4-5-9-18(16)14-21/h1-2,7,12-13,15-16,18,20H,3-6,8-11,14H2. The Balaban J connectivity index is 1.56. The fourth-order valence-corrected chi connectivity index (χ4v) is 4.71. The lowest BCUT2D eigenvalue weighted by atomic mass is 9.74. The molecule has 2 fully saturated rings. The lowest BCUT2D eigenvalue weighted by Crippen LogP contribution is -2.48. The van der Waals surface area contributed by atoms with E-state index in [1.54, 1.807) is 18.8 Å². The molecule has 0 N–H and O–H groups in total. The molecule has 3 unspecified atom stereocenters. The molecule has 2 heterocycles. The number of allylic oxidation sites excluding steroid dienone is 3. The fraction of sp³-hybridized carbons (Fsp3) is 0.600. The maximum absolute atomic E-state index is 5.83. The molecule has 1 saturated carbocycles. The lowest BCUT2D eigenvalue weighted by molar-refractivity contribution is 0.0580. The smallest absolute Gasteiger partial charge is 0.160 e. The molecule has 4 aliphatic rings. The zero-order valence-electron chi connectivity index (χ0n) is 13.8. The van der Waals surface area contributed by atoms with E-state index in [1.165, 1.54) is 50.8 Å². The average molecular weight is 313 g/mol. The van der Waals surface area contributed by atoms with Crippen molar-refractivity contribution in [2.45, 2.75) is 51.0 Å². The molecule has 2 aliphatic carbocycles. The van der Waals surface area contributed by atoms with E-state index >= 15 is 0 Å². The van der Waals surface area contributed by atoms with Crippen molar-refractivity contribution in [1.29, 1.82) is 0 Å². The van der Waals surface area contributed by atoms with Crippen molar-refractivity contribution in [1.82, 2.24) is 4.90 Å². The number of hydrogen-bond donors (Lipinski definition) is 0. The third-order valence-corrected chi connectivity index (χ3v) is 5.88. The third kappa shape index (κ3) is 3.25. The van der Waals surface area contributed by atoms with Crippen LogP contribution in [0.1, 0.15) is 44.9 Å². The maximum atomic E-state index is 5.83. The van der Waals surface area contributed by atoms with Gasteiger partial charge in [-0.1, -0.05) is 37.5 Å². The van der Waals surface area contributed by atoms with Crippen molar-refractivity contribution in [3.63, 3.8) is 0 Å². The van der Waals surface area contributed by atoms with Gasteiger partial charge in [0, 0.05) is 6.54 Å². The summed E-state index contributed by atoms with van der Waals surface area (Å²) in [5.41, 5.74) is 1.46. The van der Waals surface area contributed by atoms with Gasteiger partial charge in [0.15, 0.2) is 5.76 Å². The Morgan fingerprint density at radius 2 is 2.00 bits per heavy atom. The number of ether oxygens (including phenoxy) is 2. The van der Waals surface area contributed by atoms with Gasteiger partial charge in [0.1, 0.15) is 18.8 Å². The molecule has 23 heavy (non-hydrogen) atoms. The first-order valence-electron chi connectivity index (χ1n) is 9.18. The molecule has 0 aromatic heterocycles. The second-order valence-corrected chi connectivity index (χ2v) is 7.25. The Bertz CT molecular complexity index is 546. The van der Waals surface area contributed by atoms with Gasteiger partial charge in [0.25, 0.3) is 0 Å². The molecule has 2 aliphatic heterocycles. The summed E-state index contributed by atoms with van der Waals surface area (Å²) in [5.74, 6) is 2.78. The monoisotopic (exact) mass is 313 g/mol. The Labute approximate surface area is 139 Å². The third-order valence-electron chi connectivity index (χ3n) is 5.88. The highest BCUT2D eigenvalue weighted by Crippen LogP contribution is 2.39. The molecule has 124 valence electrons. The minimum absolute atomic E-state index is 0.243. The molecule has 3 atom stereocenters. The first-order valence-corrected chi connectivity index (χ1v) is 9.18. The zero-order chi connectivity index (χ0) is 15.5. The summed E-state index contributed by atoms with van der Waals surface area (Å²) in [6.07, 6.45) is 21.1. The van der Waals surface area contributed by atoms with Gasteiger partial charge in [-0.25, -0.2) is 0 Å². The quantitative estimate of drug-likeness (QED) is 0.765. The summed E-state index contributed by atoms with van der Waals surface area (Å²) in [4.78, 5) is 2.64. The summed E-state index contributed by atoms with van der Waals surface area (Å²) >= 11 is 0. The van der Waals surface area contributed by atoms with E-state index in [-0.39, 0.29) is 6.04 Å². The number of hydrogen-bond acceptors (Lipinski definition) is 3. The van der Waals surface area contributed by atoms with E-state index < -0.39 is 0 Å². The molecule has 0 bridgehead atoms.